The Hall–Kier alpha value is -3.66. The third-order valence-corrected chi connectivity index (χ3v) is 4.85. The maximum atomic E-state index is 12.8. The predicted octanol–water partition coefficient (Wildman–Crippen LogP) is 5.41. The van der Waals surface area contributed by atoms with Crippen LogP contribution in [0.25, 0.3) is 16.8 Å². The summed E-state index contributed by atoms with van der Waals surface area (Å²) in [5.74, 6) is -0.162. The number of para-hydroxylation sites is 1. The van der Waals surface area contributed by atoms with Crippen molar-refractivity contribution >= 4 is 11.6 Å². The highest BCUT2D eigenvalue weighted by molar-refractivity contribution is 6.05. The molecule has 28 heavy (non-hydrogen) atoms. The Balaban J connectivity index is 1.54. The summed E-state index contributed by atoms with van der Waals surface area (Å²) >= 11 is 0. The fourth-order valence-corrected chi connectivity index (χ4v) is 3.25. The van der Waals surface area contributed by atoms with Crippen molar-refractivity contribution in [2.75, 3.05) is 5.32 Å². The van der Waals surface area contributed by atoms with Crippen LogP contribution in [0.1, 0.15) is 21.6 Å². The molecular weight excluding hydrogens is 346 g/mol. The summed E-state index contributed by atoms with van der Waals surface area (Å²) in [7, 11) is 0. The number of benzene rings is 3. The molecular formula is C24H21N3O. The van der Waals surface area contributed by atoms with Gasteiger partial charge in [-0.15, -0.1) is 0 Å². The minimum atomic E-state index is -0.162. The smallest absolute Gasteiger partial charge is 0.259 e. The minimum absolute atomic E-state index is 0.162. The topological polar surface area (TPSA) is 46.9 Å². The van der Waals surface area contributed by atoms with Crippen molar-refractivity contribution in [3.8, 4) is 16.8 Å². The third-order valence-electron chi connectivity index (χ3n) is 4.85. The van der Waals surface area contributed by atoms with Crippen LogP contribution in [0.4, 0.5) is 5.69 Å². The highest BCUT2D eigenvalue weighted by Crippen LogP contribution is 2.22. The minimum Gasteiger partial charge on any atom is -0.322 e. The van der Waals surface area contributed by atoms with E-state index in [-0.39, 0.29) is 5.91 Å². The van der Waals surface area contributed by atoms with Gasteiger partial charge in [-0.3, -0.25) is 4.79 Å². The average molecular weight is 367 g/mol. The molecule has 4 aromatic rings. The molecule has 0 fully saturated rings. The van der Waals surface area contributed by atoms with Crippen molar-refractivity contribution in [2.24, 2.45) is 0 Å². The zero-order valence-corrected chi connectivity index (χ0v) is 15.9. The summed E-state index contributed by atoms with van der Waals surface area (Å²) in [5, 5.41) is 7.38. The molecule has 0 spiro atoms. The zero-order chi connectivity index (χ0) is 19.5. The van der Waals surface area contributed by atoms with E-state index in [4.69, 9.17) is 0 Å². The first-order chi connectivity index (χ1) is 13.6. The van der Waals surface area contributed by atoms with Crippen molar-refractivity contribution in [1.82, 2.24) is 9.78 Å². The largest absolute Gasteiger partial charge is 0.322 e. The van der Waals surface area contributed by atoms with Crippen LogP contribution in [-0.2, 0) is 0 Å². The number of hydrogen-bond donors (Lipinski definition) is 1. The molecule has 0 saturated carbocycles. The lowest BCUT2D eigenvalue weighted by Gasteiger charge is -2.09. The summed E-state index contributed by atoms with van der Waals surface area (Å²) in [5.41, 5.74) is 6.48. The lowest BCUT2D eigenvalue weighted by Crippen LogP contribution is -2.13. The summed E-state index contributed by atoms with van der Waals surface area (Å²) in [6.07, 6.45) is 1.62. The number of carbonyl (C=O) groups excluding carboxylic acids is 1. The number of hydrogen-bond acceptors (Lipinski definition) is 2. The van der Waals surface area contributed by atoms with E-state index >= 15 is 0 Å². The van der Waals surface area contributed by atoms with Crippen molar-refractivity contribution in [3.05, 3.63) is 102 Å². The molecule has 0 unspecified atom stereocenters. The molecule has 1 aromatic heterocycles. The number of amides is 1. The monoisotopic (exact) mass is 367 g/mol. The predicted molar refractivity (Wildman–Crippen MR) is 113 cm³/mol. The molecule has 138 valence electrons. The Morgan fingerprint density at radius 2 is 1.46 bits per heavy atom. The number of nitrogens with zero attached hydrogens (tertiary/aromatic N) is 2. The van der Waals surface area contributed by atoms with E-state index in [0.717, 1.165) is 33.8 Å². The van der Waals surface area contributed by atoms with Crippen LogP contribution in [0.2, 0.25) is 0 Å². The number of anilines is 1. The first kappa shape index (κ1) is 17.7. The van der Waals surface area contributed by atoms with Crippen molar-refractivity contribution in [1.29, 1.82) is 0 Å². The fourth-order valence-electron chi connectivity index (χ4n) is 3.25. The molecule has 4 rings (SSSR count). The van der Waals surface area contributed by atoms with Gasteiger partial charge < -0.3 is 5.32 Å². The summed E-state index contributed by atoms with van der Waals surface area (Å²) in [4.78, 5) is 12.8. The second-order valence-corrected chi connectivity index (χ2v) is 6.74. The highest BCUT2D eigenvalue weighted by atomic mass is 16.1. The molecule has 1 N–H and O–H groups in total. The van der Waals surface area contributed by atoms with Crippen LogP contribution in [0.15, 0.2) is 85.1 Å². The van der Waals surface area contributed by atoms with Crippen molar-refractivity contribution in [3.63, 3.8) is 0 Å². The molecule has 4 heteroatoms. The molecule has 0 bridgehead atoms. The SMILES string of the molecule is Cc1ccccc1-n1ncc(C(=O)Nc2ccc(-c3ccccc3)cc2)c1C. The summed E-state index contributed by atoms with van der Waals surface area (Å²) in [6, 6.07) is 26.0. The Labute approximate surface area is 164 Å². The van der Waals surface area contributed by atoms with Gasteiger partial charge in [0.1, 0.15) is 0 Å². The summed E-state index contributed by atoms with van der Waals surface area (Å²) < 4.78 is 1.81. The molecule has 0 saturated heterocycles. The second kappa shape index (κ2) is 7.53. The van der Waals surface area contributed by atoms with E-state index in [2.05, 4.69) is 22.5 Å². The van der Waals surface area contributed by atoms with E-state index in [1.54, 1.807) is 6.20 Å². The molecule has 3 aromatic carbocycles. The highest BCUT2D eigenvalue weighted by Gasteiger charge is 2.16. The van der Waals surface area contributed by atoms with Gasteiger partial charge in [0, 0.05) is 5.69 Å². The maximum Gasteiger partial charge on any atom is 0.259 e. The number of aromatic nitrogens is 2. The van der Waals surface area contributed by atoms with Gasteiger partial charge in [0.2, 0.25) is 0 Å². The quantitative estimate of drug-likeness (QED) is 0.524. The van der Waals surface area contributed by atoms with E-state index in [1.165, 1.54) is 0 Å². The lowest BCUT2D eigenvalue weighted by atomic mass is 10.1. The Bertz CT molecular complexity index is 1110. The summed E-state index contributed by atoms with van der Waals surface area (Å²) in [6.45, 7) is 3.94. The van der Waals surface area contributed by atoms with Crippen LogP contribution in [0.3, 0.4) is 0 Å². The van der Waals surface area contributed by atoms with Gasteiger partial charge in [-0.1, -0.05) is 60.7 Å². The van der Waals surface area contributed by atoms with Gasteiger partial charge in [0.25, 0.3) is 5.91 Å². The van der Waals surface area contributed by atoms with Crippen LogP contribution < -0.4 is 5.32 Å². The van der Waals surface area contributed by atoms with Gasteiger partial charge in [0.05, 0.1) is 23.1 Å². The molecule has 0 atom stereocenters. The molecule has 0 aliphatic rings. The molecule has 1 amide bonds. The van der Waals surface area contributed by atoms with E-state index in [0.29, 0.717) is 5.56 Å². The standard InChI is InChI=1S/C24H21N3O/c1-17-8-6-7-11-23(17)27-18(2)22(16-25-27)24(28)26-21-14-12-20(13-15-21)19-9-4-3-5-10-19/h3-16H,1-2H3,(H,26,28). The van der Waals surface area contributed by atoms with Crippen LogP contribution in [0, 0.1) is 13.8 Å². The number of rotatable bonds is 4. The zero-order valence-electron chi connectivity index (χ0n) is 15.9. The maximum absolute atomic E-state index is 12.8. The first-order valence-corrected chi connectivity index (χ1v) is 9.21. The average Bonchev–Trinajstić information content (AvgIpc) is 3.11. The third kappa shape index (κ3) is 3.45. The normalized spacial score (nSPS) is 10.6. The number of aryl methyl sites for hydroxylation is 1. The van der Waals surface area contributed by atoms with Crippen LogP contribution in [0.5, 0.6) is 0 Å². The molecule has 0 aliphatic carbocycles. The molecule has 4 nitrogen and oxygen atoms in total. The fraction of sp³-hybridized carbons (Fsp3) is 0.0833. The van der Waals surface area contributed by atoms with Gasteiger partial charge in [-0.2, -0.15) is 5.10 Å². The molecule has 1 heterocycles. The number of carbonyl (C=O) groups is 1. The number of nitrogens with one attached hydrogen (secondary N) is 1. The Morgan fingerprint density at radius 1 is 0.821 bits per heavy atom. The van der Waals surface area contributed by atoms with Gasteiger partial charge in [-0.25, -0.2) is 4.68 Å². The van der Waals surface area contributed by atoms with E-state index in [9.17, 15) is 4.79 Å². The van der Waals surface area contributed by atoms with E-state index < -0.39 is 0 Å². The van der Waals surface area contributed by atoms with Gasteiger partial charge in [-0.05, 0) is 48.7 Å². The van der Waals surface area contributed by atoms with Crippen LogP contribution in [-0.4, -0.2) is 15.7 Å². The molecule has 0 aliphatic heterocycles. The first-order valence-electron chi connectivity index (χ1n) is 9.21. The van der Waals surface area contributed by atoms with Crippen molar-refractivity contribution < 1.29 is 4.79 Å². The second-order valence-electron chi connectivity index (χ2n) is 6.74. The Kier molecular flexibility index (Phi) is 4.77. The van der Waals surface area contributed by atoms with Crippen molar-refractivity contribution in [2.45, 2.75) is 13.8 Å². The van der Waals surface area contributed by atoms with Gasteiger partial charge in [0.15, 0.2) is 0 Å². The molecule has 0 radical (unpaired) electrons. The van der Waals surface area contributed by atoms with Crippen LogP contribution >= 0.6 is 0 Å². The Morgan fingerprint density at radius 3 is 2.18 bits per heavy atom. The van der Waals surface area contributed by atoms with Gasteiger partial charge >= 0.3 is 0 Å². The lowest BCUT2D eigenvalue weighted by molar-refractivity contribution is 0.102. The van der Waals surface area contributed by atoms with E-state index in [1.807, 2.05) is 85.3 Å².